The molecule has 2 aromatic heterocycles. The van der Waals surface area contributed by atoms with Crippen LogP contribution in [0, 0.1) is 6.92 Å². The van der Waals surface area contributed by atoms with Gasteiger partial charge in [-0.1, -0.05) is 6.07 Å². The molecule has 0 saturated carbocycles. The molecule has 3 aromatic rings. The van der Waals surface area contributed by atoms with Crippen LogP contribution >= 0.6 is 11.3 Å². The van der Waals surface area contributed by atoms with E-state index in [1.165, 1.54) is 17.4 Å². The number of rotatable bonds is 3. The molecule has 0 aliphatic carbocycles. The molecule has 0 aliphatic rings. The molecule has 6 nitrogen and oxygen atoms in total. The van der Waals surface area contributed by atoms with Crippen molar-refractivity contribution in [2.75, 3.05) is 0 Å². The Morgan fingerprint density at radius 3 is 2.86 bits per heavy atom. The van der Waals surface area contributed by atoms with E-state index in [-0.39, 0.29) is 17.3 Å². The zero-order valence-electron chi connectivity index (χ0n) is 11.5. The number of hydrogen-bond acceptors (Lipinski definition) is 4. The minimum Gasteiger partial charge on any atom is -0.478 e. The summed E-state index contributed by atoms with van der Waals surface area (Å²) in [5, 5.41) is 11.9. The van der Waals surface area contributed by atoms with Gasteiger partial charge in [0.2, 0.25) is 0 Å². The van der Waals surface area contributed by atoms with Crippen LogP contribution in [0.15, 0.2) is 28.4 Å². The van der Waals surface area contributed by atoms with Gasteiger partial charge in [0.05, 0.1) is 22.6 Å². The lowest BCUT2D eigenvalue weighted by Crippen LogP contribution is -2.21. The van der Waals surface area contributed by atoms with E-state index >= 15 is 0 Å². The Kier molecular flexibility index (Phi) is 3.13. The van der Waals surface area contributed by atoms with Crippen molar-refractivity contribution < 1.29 is 9.90 Å². The number of benzene rings is 1. The molecule has 0 spiro atoms. The van der Waals surface area contributed by atoms with Gasteiger partial charge in [0.1, 0.15) is 5.01 Å². The summed E-state index contributed by atoms with van der Waals surface area (Å²) in [7, 11) is 0. The molecule has 21 heavy (non-hydrogen) atoms. The number of nitrogens with zero attached hydrogens (tertiary/aromatic N) is 2. The predicted molar refractivity (Wildman–Crippen MR) is 80.2 cm³/mol. The highest BCUT2D eigenvalue weighted by molar-refractivity contribution is 7.09. The monoisotopic (exact) mass is 303 g/mol. The van der Waals surface area contributed by atoms with Crippen molar-refractivity contribution >= 4 is 28.3 Å². The molecule has 0 radical (unpaired) electrons. The quantitative estimate of drug-likeness (QED) is 0.777. The van der Waals surface area contributed by atoms with Crippen molar-refractivity contribution in [2.45, 2.75) is 19.9 Å². The van der Waals surface area contributed by atoms with Gasteiger partial charge in [-0.2, -0.15) is 0 Å². The Labute approximate surface area is 123 Å². The third-order valence-electron chi connectivity index (χ3n) is 3.36. The number of aryl methyl sites for hydroxylation is 1. The Hall–Kier alpha value is -2.41. The molecule has 1 aromatic carbocycles. The van der Waals surface area contributed by atoms with Crippen molar-refractivity contribution in [3.63, 3.8) is 0 Å². The zero-order valence-corrected chi connectivity index (χ0v) is 12.3. The van der Waals surface area contributed by atoms with Crippen LogP contribution < -0.4 is 5.69 Å². The number of hydrogen-bond donors (Lipinski definition) is 2. The maximum absolute atomic E-state index is 12.2. The lowest BCUT2D eigenvalue weighted by Gasteiger charge is -2.10. The average molecular weight is 303 g/mol. The summed E-state index contributed by atoms with van der Waals surface area (Å²) >= 11 is 1.48. The van der Waals surface area contributed by atoms with E-state index in [4.69, 9.17) is 0 Å². The van der Waals surface area contributed by atoms with Gasteiger partial charge >= 0.3 is 11.7 Å². The molecule has 3 rings (SSSR count). The minimum atomic E-state index is -1.06. The fraction of sp³-hybridized carbons (Fsp3) is 0.214. The number of aromatic carboxylic acids is 1. The standard InChI is InChI=1S/C14H13N3O3S/c1-7-6-21-12(15-7)8(2)17-10-5-3-4-9(13(18)19)11(10)16-14(17)20/h3-6,8H,1-2H3,(H,16,20)(H,18,19). The molecule has 2 heterocycles. The number of imidazole rings is 1. The highest BCUT2D eigenvalue weighted by Gasteiger charge is 2.20. The number of aromatic nitrogens is 3. The van der Waals surface area contributed by atoms with E-state index < -0.39 is 5.97 Å². The number of carbonyl (C=O) groups is 1. The molecule has 1 unspecified atom stereocenters. The molecule has 0 bridgehead atoms. The first-order chi connectivity index (χ1) is 9.99. The molecule has 0 fully saturated rings. The van der Waals surface area contributed by atoms with E-state index in [1.807, 2.05) is 19.2 Å². The summed E-state index contributed by atoms with van der Waals surface area (Å²) < 4.78 is 1.54. The number of thiazole rings is 1. The second kappa shape index (κ2) is 4.85. The fourth-order valence-corrected chi connectivity index (χ4v) is 3.23. The third kappa shape index (κ3) is 2.15. The Bertz CT molecular complexity index is 890. The molecular weight excluding hydrogens is 290 g/mol. The van der Waals surface area contributed by atoms with Crippen LogP contribution in [0.1, 0.15) is 34.0 Å². The van der Waals surface area contributed by atoms with E-state index in [0.29, 0.717) is 11.0 Å². The first-order valence-corrected chi connectivity index (χ1v) is 7.25. The molecule has 0 saturated heterocycles. The van der Waals surface area contributed by atoms with Crippen molar-refractivity contribution in [1.29, 1.82) is 0 Å². The summed E-state index contributed by atoms with van der Waals surface area (Å²) in [6, 6.07) is 4.59. The third-order valence-corrected chi connectivity index (χ3v) is 4.50. The highest BCUT2D eigenvalue weighted by atomic mass is 32.1. The van der Waals surface area contributed by atoms with Crippen LogP contribution in [0.3, 0.4) is 0 Å². The summed E-state index contributed by atoms with van der Waals surface area (Å²) in [5.74, 6) is -1.06. The molecule has 0 aliphatic heterocycles. The van der Waals surface area contributed by atoms with E-state index in [9.17, 15) is 14.7 Å². The van der Waals surface area contributed by atoms with Crippen molar-refractivity contribution in [1.82, 2.24) is 14.5 Å². The van der Waals surface area contributed by atoms with Crippen LogP contribution in [0.5, 0.6) is 0 Å². The second-order valence-electron chi connectivity index (χ2n) is 4.81. The number of carboxylic acid groups (broad SMARTS) is 1. The maximum Gasteiger partial charge on any atom is 0.337 e. The first-order valence-electron chi connectivity index (χ1n) is 6.37. The van der Waals surface area contributed by atoms with Gasteiger partial charge in [0.25, 0.3) is 0 Å². The van der Waals surface area contributed by atoms with Gasteiger partial charge in [0, 0.05) is 11.1 Å². The zero-order chi connectivity index (χ0) is 15.1. The normalized spacial score (nSPS) is 12.7. The predicted octanol–water partition coefficient (Wildman–Crippen LogP) is 2.40. The van der Waals surface area contributed by atoms with Gasteiger partial charge in [-0.15, -0.1) is 11.3 Å². The van der Waals surface area contributed by atoms with E-state index in [1.54, 1.807) is 16.7 Å². The largest absolute Gasteiger partial charge is 0.478 e. The van der Waals surface area contributed by atoms with Crippen LogP contribution in [0.25, 0.3) is 11.0 Å². The van der Waals surface area contributed by atoms with Gasteiger partial charge in [0.15, 0.2) is 0 Å². The van der Waals surface area contributed by atoms with Crippen LogP contribution in [-0.4, -0.2) is 25.6 Å². The molecule has 7 heteroatoms. The van der Waals surface area contributed by atoms with Crippen LogP contribution in [0.2, 0.25) is 0 Å². The van der Waals surface area contributed by atoms with E-state index in [2.05, 4.69) is 9.97 Å². The molecule has 1 atom stereocenters. The summed E-state index contributed by atoms with van der Waals surface area (Å²) in [4.78, 5) is 30.5. The summed E-state index contributed by atoms with van der Waals surface area (Å²) in [5.41, 5.74) is 1.57. The summed E-state index contributed by atoms with van der Waals surface area (Å²) in [6.45, 7) is 3.77. The van der Waals surface area contributed by atoms with Crippen molar-refractivity contribution in [2.24, 2.45) is 0 Å². The van der Waals surface area contributed by atoms with E-state index in [0.717, 1.165) is 10.7 Å². The SMILES string of the molecule is Cc1csc(C(C)n2c(=O)[nH]c3c(C(=O)O)cccc32)n1. The Balaban J connectivity index is 2.24. The minimum absolute atomic E-state index is 0.0888. The van der Waals surface area contributed by atoms with Gasteiger partial charge in [-0.05, 0) is 26.0 Å². The average Bonchev–Trinajstić information content (AvgIpc) is 3.00. The number of aromatic amines is 1. The lowest BCUT2D eigenvalue weighted by molar-refractivity contribution is 0.0699. The Morgan fingerprint density at radius 2 is 2.24 bits per heavy atom. The van der Waals surface area contributed by atoms with Crippen molar-refractivity contribution in [3.8, 4) is 0 Å². The van der Waals surface area contributed by atoms with Crippen molar-refractivity contribution in [3.05, 3.63) is 50.3 Å². The number of nitrogens with one attached hydrogen (secondary N) is 1. The number of para-hydroxylation sites is 1. The number of H-pyrrole nitrogens is 1. The topological polar surface area (TPSA) is 88.0 Å². The van der Waals surface area contributed by atoms with Gasteiger partial charge < -0.3 is 10.1 Å². The smallest absolute Gasteiger partial charge is 0.337 e. The first kappa shape index (κ1) is 13.6. The lowest BCUT2D eigenvalue weighted by atomic mass is 10.2. The Morgan fingerprint density at radius 1 is 1.48 bits per heavy atom. The molecular formula is C14H13N3O3S. The van der Waals surface area contributed by atoms with Gasteiger partial charge in [-0.25, -0.2) is 14.6 Å². The van der Waals surface area contributed by atoms with Gasteiger partial charge in [-0.3, -0.25) is 4.57 Å². The molecule has 0 amide bonds. The van der Waals surface area contributed by atoms with Crippen LogP contribution in [-0.2, 0) is 0 Å². The summed E-state index contributed by atoms with van der Waals surface area (Å²) in [6.07, 6.45) is 0. The number of carboxylic acids is 1. The second-order valence-corrected chi connectivity index (χ2v) is 5.70. The van der Waals surface area contributed by atoms with Crippen LogP contribution in [0.4, 0.5) is 0 Å². The number of fused-ring (bicyclic) bond motifs is 1. The molecule has 2 N–H and O–H groups in total. The maximum atomic E-state index is 12.2. The molecule has 108 valence electrons. The fourth-order valence-electron chi connectivity index (χ4n) is 2.39. The highest BCUT2D eigenvalue weighted by Crippen LogP contribution is 2.25.